The van der Waals surface area contributed by atoms with E-state index in [-0.39, 0.29) is 12.5 Å². The molecule has 1 rings (SSSR count). The minimum absolute atomic E-state index is 0.0513. The van der Waals surface area contributed by atoms with Crippen LogP contribution in [-0.4, -0.2) is 36.4 Å². The van der Waals surface area contributed by atoms with Gasteiger partial charge in [0.15, 0.2) is 9.84 Å². The van der Waals surface area contributed by atoms with Crippen molar-refractivity contribution in [3.05, 3.63) is 18.0 Å². The van der Waals surface area contributed by atoms with Gasteiger partial charge in [-0.2, -0.15) is 0 Å². The highest BCUT2D eigenvalue weighted by Gasteiger charge is 2.30. The fourth-order valence-corrected chi connectivity index (χ4v) is 1.66. The quantitative estimate of drug-likeness (QED) is 0.817. The van der Waals surface area contributed by atoms with Gasteiger partial charge in [-0.1, -0.05) is 0 Å². The molecule has 0 aliphatic carbocycles. The van der Waals surface area contributed by atoms with Crippen LogP contribution in [0.3, 0.4) is 0 Å². The second-order valence-electron chi connectivity index (χ2n) is 4.98. The van der Waals surface area contributed by atoms with Gasteiger partial charge in [0.25, 0.3) is 5.91 Å². The maximum absolute atomic E-state index is 11.9. The Kier molecular flexibility index (Phi) is 3.75. The fraction of sp³-hybridized carbons (Fsp3) is 0.545. The zero-order chi connectivity index (χ0) is 14.1. The Morgan fingerprint density at radius 1 is 1.50 bits per heavy atom. The molecule has 0 radical (unpaired) electrons. The van der Waals surface area contributed by atoms with Crippen LogP contribution in [0.1, 0.15) is 24.3 Å². The van der Waals surface area contributed by atoms with E-state index in [1.165, 1.54) is 0 Å². The molecular formula is C11H19N3O3S. The zero-order valence-electron chi connectivity index (χ0n) is 11.0. The van der Waals surface area contributed by atoms with E-state index in [4.69, 9.17) is 5.73 Å². The number of nitrogens with one attached hydrogen (secondary N) is 1. The summed E-state index contributed by atoms with van der Waals surface area (Å²) in [5, 5.41) is 2.61. The van der Waals surface area contributed by atoms with E-state index < -0.39 is 14.6 Å². The number of hydrogen-bond donors (Lipinski definition) is 2. The molecule has 0 saturated carbocycles. The average molecular weight is 273 g/mol. The third-order valence-corrected chi connectivity index (χ3v) is 5.09. The van der Waals surface area contributed by atoms with Crippen LogP contribution in [0.15, 0.2) is 12.3 Å². The molecule has 1 aromatic heterocycles. The number of aryl methyl sites for hydroxylation is 1. The van der Waals surface area contributed by atoms with Crippen molar-refractivity contribution in [2.75, 3.05) is 18.5 Å². The molecule has 18 heavy (non-hydrogen) atoms. The lowest BCUT2D eigenvalue weighted by Gasteiger charge is -2.22. The topological polar surface area (TPSA) is 94.2 Å². The van der Waals surface area contributed by atoms with E-state index in [9.17, 15) is 13.2 Å². The number of rotatable bonds is 4. The monoisotopic (exact) mass is 273 g/mol. The Hall–Kier alpha value is -1.50. The lowest BCUT2D eigenvalue weighted by atomic mass is 10.2. The highest BCUT2D eigenvalue weighted by Crippen LogP contribution is 2.14. The van der Waals surface area contributed by atoms with Crippen LogP contribution >= 0.6 is 0 Å². The first-order valence-electron chi connectivity index (χ1n) is 5.44. The summed E-state index contributed by atoms with van der Waals surface area (Å²) >= 11 is 0. The van der Waals surface area contributed by atoms with Crippen molar-refractivity contribution < 1.29 is 13.2 Å². The van der Waals surface area contributed by atoms with E-state index in [0.29, 0.717) is 11.4 Å². The number of amides is 1. The van der Waals surface area contributed by atoms with Crippen LogP contribution in [0.4, 0.5) is 5.69 Å². The number of anilines is 1. The van der Waals surface area contributed by atoms with Crippen LogP contribution in [0.2, 0.25) is 0 Å². The third-order valence-electron chi connectivity index (χ3n) is 2.94. The van der Waals surface area contributed by atoms with Gasteiger partial charge in [0.2, 0.25) is 0 Å². The van der Waals surface area contributed by atoms with Crippen molar-refractivity contribution >= 4 is 21.4 Å². The molecule has 0 aliphatic rings. The van der Waals surface area contributed by atoms with Crippen LogP contribution in [-0.2, 0) is 16.9 Å². The summed E-state index contributed by atoms with van der Waals surface area (Å²) in [6.45, 7) is 3.19. The van der Waals surface area contributed by atoms with Crippen molar-refractivity contribution in [1.29, 1.82) is 0 Å². The highest BCUT2D eigenvalue weighted by molar-refractivity contribution is 7.92. The normalized spacial score (nSPS) is 12.4. The lowest BCUT2D eigenvalue weighted by Crippen LogP contribution is -2.44. The van der Waals surface area contributed by atoms with Crippen molar-refractivity contribution in [2.45, 2.75) is 18.6 Å². The molecule has 0 atom stereocenters. The number of nitrogens with two attached hydrogens (primary N) is 1. The Labute approximate surface area is 107 Å². The van der Waals surface area contributed by atoms with Crippen LogP contribution < -0.4 is 11.1 Å². The summed E-state index contributed by atoms with van der Waals surface area (Å²) < 4.78 is 23.6. The Balaban J connectivity index is 2.77. The minimum atomic E-state index is -3.23. The van der Waals surface area contributed by atoms with E-state index in [1.54, 1.807) is 37.7 Å². The lowest BCUT2D eigenvalue weighted by molar-refractivity contribution is 0.0942. The molecule has 1 amide bonds. The van der Waals surface area contributed by atoms with Gasteiger partial charge in [-0.25, -0.2) is 8.42 Å². The molecule has 102 valence electrons. The number of nitrogens with zero attached hydrogens (tertiary/aromatic N) is 1. The minimum Gasteiger partial charge on any atom is -0.397 e. The summed E-state index contributed by atoms with van der Waals surface area (Å²) in [5.74, 6) is -0.342. The molecule has 0 aromatic carbocycles. The fourth-order valence-electron chi connectivity index (χ4n) is 1.33. The van der Waals surface area contributed by atoms with Crippen molar-refractivity contribution in [2.24, 2.45) is 7.05 Å². The van der Waals surface area contributed by atoms with Gasteiger partial charge in [-0.3, -0.25) is 4.79 Å². The first-order chi connectivity index (χ1) is 8.04. The first kappa shape index (κ1) is 14.6. The SMILES string of the molecule is Cn1cc(N)cc1C(=O)NCC(C)(C)S(C)(=O)=O. The number of nitrogen functional groups attached to an aromatic ring is 1. The third kappa shape index (κ3) is 3.04. The van der Waals surface area contributed by atoms with Crippen LogP contribution in [0.25, 0.3) is 0 Å². The van der Waals surface area contributed by atoms with Crippen LogP contribution in [0.5, 0.6) is 0 Å². The Morgan fingerprint density at radius 2 is 2.06 bits per heavy atom. The molecule has 3 N–H and O–H groups in total. The highest BCUT2D eigenvalue weighted by atomic mass is 32.2. The molecule has 7 heteroatoms. The van der Waals surface area contributed by atoms with E-state index in [1.807, 2.05) is 0 Å². The summed E-state index contributed by atoms with van der Waals surface area (Å²) in [6.07, 6.45) is 2.77. The van der Waals surface area contributed by atoms with Gasteiger partial charge in [-0.05, 0) is 19.9 Å². The number of aromatic nitrogens is 1. The maximum Gasteiger partial charge on any atom is 0.268 e. The smallest absolute Gasteiger partial charge is 0.268 e. The number of carbonyl (C=O) groups excluding carboxylic acids is 1. The molecule has 1 heterocycles. The Morgan fingerprint density at radius 3 is 2.44 bits per heavy atom. The standard InChI is InChI=1S/C11H19N3O3S/c1-11(2,18(4,16)17)7-13-10(15)9-5-8(12)6-14(9)3/h5-6H,7,12H2,1-4H3,(H,13,15). The van der Waals surface area contributed by atoms with Gasteiger partial charge in [-0.15, -0.1) is 0 Å². The summed E-state index contributed by atoms with van der Waals surface area (Å²) in [4.78, 5) is 11.9. The molecule has 0 spiro atoms. The predicted octanol–water partition coefficient (Wildman–Crippen LogP) is 0.160. The van der Waals surface area contributed by atoms with Crippen molar-refractivity contribution in [3.63, 3.8) is 0 Å². The van der Waals surface area contributed by atoms with E-state index in [0.717, 1.165) is 6.26 Å². The molecule has 1 aromatic rings. The van der Waals surface area contributed by atoms with E-state index in [2.05, 4.69) is 5.32 Å². The summed E-state index contributed by atoms with van der Waals surface area (Å²) in [5.41, 5.74) is 6.46. The molecule has 0 saturated heterocycles. The van der Waals surface area contributed by atoms with Gasteiger partial charge >= 0.3 is 0 Å². The van der Waals surface area contributed by atoms with Gasteiger partial charge in [0.05, 0.1) is 10.4 Å². The second kappa shape index (κ2) is 4.64. The van der Waals surface area contributed by atoms with Gasteiger partial charge < -0.3 is 15.6 Å². The maximum atomic E-state index is 11.9. The second-order valence-corrected chi connectivity index (χ2v) is 7.63. The summed E-state index contributed by atoms with van der Waals surface area (Å²) in [7, 11) is -1.53. The number of carbonyl (C=O) groups is 1. The van der Waals surface area contributed by atoms with Gasteiger partial charge in [0.1, 0.15) is 5.69 Å². The Bertz CT molecular complexity index is 558. The molecule has 0 fully saturated rings. The van der Waals surface area contributed by atoms with Crippen LogP contribution in [0, 0.1) is 0 Å². The molecule has 0 aliphatic heterocycles. The predicted molar refractivity (Wildman–Crippen MR) is 71.1 cm³/mol. The number of sulfone groups is 1. The first-order valence-corrected chi connectivity index (χ1v) is 7.33. The van der Waals surface area contributed by atoms with Crippen molar-refractivity contribution in [1.82, 2.24) is 9.88 Å². The zero-order valence-corrected chi connectivity index (χ0v) is 11.8. The molecule has 0 bridgehead atoms. The molecule has 6 nitrogen and oxygen atoms in total. The van der Waals surface area contributed by atoms with E-state index >= 15 is 0 Å². The van der Waals surface area contributed by atoms with Crippen molar-refractivity contribution in [3.8, 4) is 0 Å². The molecular weight excluding hydrogens is 254 g/mol. The largest absolute Gasteiger partial charge is 0.397 e. The molecule has 0 unspecified atom stereocenters. The summed E-state index contributed by atoms with van der Waals surface area (Å²) in [6, 6.07) is 1.54. The number of hydrogen-bond acceptors (Lipinski definition) is 4. The van der Waals surface area contributed by atoms with Gasteiger partial charge in [0, 0.05) is 26.0 Å². The average Bonchev–Trinajstić information content (AvgIpc) is 2.53.